The minimum atomic E-state index is -1.94. The van der Waals surface area contributed by atoms with Gasteiger partial charge in [-0.2, -0.15) is 0 Å². The van der Waals surface area contributed by atoms with Crippen molar-refractivity contribution in [2.75, 3.05) is 0 Å². The molecule has 0 aliphatic carbocycles. The number of hydrogen-bond donors (Lipinski definition) is 0. The molecule has 0 radical (unpaired) electrons. The van der Waals surface area contributed by atoms with Crippen LogP contribution in [-0.2, 0) is 0 Å². The molecule has 114 valence electrons. The molecular formula is C17H38GeSn. The van der Waals surface area contributed by atoms with E-state index in [0.717, 1.165) is 0 Å². The predicted molar refractivity (Wildman–Crippen MR) is 97.4 cm³/mol. The number of unbranched alkanes of at least 4 members (excludes halogenated alkanes) is 3. The molecule has 19 heavy (non-hydrogen) atoms. The van der Waals surface area contributed by atoms with Crippen molar-refractivity contribution in [2.45, 2.75) is 89.9 Å². The van der Waals surface area contributed by atoms with Gasteiger partial charge in [0, 0.05) is 0 Å². The summed E-state index contributed by atoms with van der Waals surface area (Å²) >= 11 is -3.43. The summed E-state index contributed by atoms with van der Waals surface area (Å²) in [5.74, 6) is 7.60. The molecule has 0 fully saturated rings. The van der Waals surface area contributed by atoms with Crippen molar-refractivity contribution in [3.8, 4) is 0 Å². The predicted octanol–water partition coefficient (Wildman–Crippen LogP) is 6.81. The average Bonchev–Trinajstić information content (AvgIpc) is 2.36. The van der Waals surface area contributed by atoms with E-state index in [0.29, 0.717) is 0 Å². The maximum atomic E-state index is 2.88. The van der Waals surface area contributed by atoms with Crippen molar-refractivity contribution in [1.29, 1.82) is 0 Å². The van der Waals surface area contributed by atoms with Gasteiger partial charge in [-0.1, -0.05) is 0 Å². The molecule has 0 rings (SSSR count). The van der Waals surface area contributed by atoms with E-state index in [4.69, 9.17) is 0 Å². The maximum absolute atomic E-state index is 2.88. The Bertz CT molecular complexity index is 218. The second kappa shape index (κ2) is 10.8. The molecular weight excluding hydrogens is 396 g/mol. The summed E-state index contributed by atoms with van der Waals surface area (Å²) in [6, 6.07) is 0. The Kier molecular flexibility index (Phi) is 11.4. The Morgan fingerprint density at radius 3 is 1.37 bits per heavy atom. The SMILES string of the molecule is CCC[CH2][Sn](/[CH]=[CH]/[Ge]([CH3])([CH3])[CH3])([CH2]CCC)[CH2]CCC. The van der Waals surface area contributed by atoms with Crippen LogP contribution in [0.25, 0.3) is 0 Å². The summed E-state index contributed by atoms with van der Waals surface area (Å²) in [5.41, 5.74) is 0. The van der Waals surface area contributed by atoms with Crippen molar-refractivity contribution < 1.29 is 0 Å². The molecule has 0 saturated carbocycles. The van der Waals surface area contributed by atoms with E-state index < -0.39 is 31.6 Å². The van der Waals surface area contributed by atoms with E-state index in [1.807, 2.05) is 0 Å². The van der Waals surface area contributed by atoms with Gasteiger partial charge >= 0.3 is 131 Å². The van der Waals surface area contributed by atoms with Crippen LogP contribution in [0, 0.1) is 0 Å². The van der Waals surface area contributed by atoms with Gasteiger partial charge in [0.25, 0.3) is 0 Å². The fraction of sp³-hybridized carbons (Fsp3) is 0.882. The van der Waals surface area contributed by atoms with E-state index >= 15 is 0 Å². The summed E-state index contributed by atoms with van der Waals surface area (Å²) < 4.78 is 7.76. The Morgan fingerprint density at radius 1 is 0.737 bits per heavy atom. The van der Waals surface area contributed by atoms with Gasteiger partial charge in [0.05, 0.1) is 0 Å². The van der Waals surface area contributed by atoms with Crippen LogP contribution in [-0.4, -0.2) is 31.6 Å². The van der Waals surface area contributed by atoms with Crippen molar-refractivity contribution in [3.05, 3.63) is 9.00 Å². The molecule has 0 spiro atoms. The molecule has 0 unspecified atom stereocenters. The zero-order valence-corrected chi connectivity index (χ0v) is 19.5. The van der Waals surface area contributed by atoms with Crippen LogP contribution in [0.4, 0.5) is 0 Å². The van der Waals surface area contributed by atoms with Gasteiger partial charge in [-0.25, -0.2) is 0 Å². The Hall–Kier alpha value is 1.08. The van der Waals surface area contributed by atoms with Gasteiger partial charge in [-0.05, 0) is 0 Å². The number of hydrogen-bond acceptors (Lipinski definition) is 0. The summed E-state index contributed by atoms with van der Waals surface area (Å²) in [5, 5.41) is 0. The van der Waals surface area contributed by atoms with Crippen molar-refractivity contribution in [3.63, 3.8) is 0 Å². The third-order valence-electron chi connectivity index (χ3n) is 4.02. The molecule has 0 bridgehead atoms. The van der Waals surface area contributed by atoms with Crippen molar-refractivity contribution in [1.82, 2.24) is 0 Å². The molecule has 0 aromatic carbocycles. The van der Waals surface area contributed by atoms with Crippen molar-refractivity contribution in [2.24, 2.45) is 0 Å². The second-order valence-electron chi connectivity index (χ2n) is 7.37. The van der Waals surface area contributed by atoms with Crippen LogP contribution >= 0.6 is 0 Å². The normalized spacial score (nSPS) is 13.4. The third kappa shape index (κ3) is 10.5. The molecule has 2 heteroatoms. The van der Waals surface area contributed by atoms with Crippen LogP contribution < -0.4 is 0 Å². The molecule has 0 atom stereocenters. The quantitative estimate of drug-likeness (QED) is 0.314. The van der Waals surface area contributed by atoms with Gasteiger partial charge in [0.1, 0.15) is 0 Å². The van der Waals surface area contributed by atoms with Crippen LogP contribution in [0.1, 0.15) is 59.3 Å². The zero-order chi connectivity index (χ0) is 14.8. The summed E-state index contributed by atoms with van der Waals surface area (Å²) in [4.78, 5) is 2.75. The molecule has 0 heterocycles. The molecule has 0 saturated heterocycles. The van der Waals surface area contributed by atoms with Crippen LogP contribution in [0.3, 0.4) is 0 Å². The molecule has 0 aromatic heterocycles. The Balaban J connectivity index is 4.91. The molecule has 0 aliphatic heterocycles. The number of rotatable bonds is 11. The minimum absolute atomic E-state index is 1.39. The fourth-order valence-corrected chi connectivity index (χ4v) is 29.7. The first kappa shape index (κ1) is 20.1. The first-order valence-corrected chi connectivity index (χ1v) is 23.8. The zero-order valence-electron chi connectivity index (χ0n) is 14.5. The summed E-state index contributed by atoms with van der Waals surface area (Å²) in [6.07, 6.45) is 8.64. The van der Waals surface area contributed by atoms with Crippen LogP contribution in [0.2, 0.25) is 30.6 Å². The molecule has 0 amide bonds. The Labute approximate surface area is 130 Å². The first-order valence-electron chi connectivity index (χ1n) is 8.59. The van der Waals surface area contributed by atoms with Gasteiger partial charge in [-0.15, -0.1) is 0 Å². The Morgan fingerprint density at radius 2 is 1.11 bits per heavy atom. The van der Waals surface area contributed by atoms with E-state index in [1.165, 1.54) is 38.5 Å². The standard InChI is InChI=1S/C5H11Ge.3C4H9.Sn/c1-5-6(2,3)4;3*1-3-4-2;/h1,5H,2-4H3;3*1,3-4H2,2H3;. The third-order valence-corrected chi connectivity index (χ3v) is 22.5. The van der Waals surface area contributed by atoms with Crippen LogP contribution in [0.5, 0.6) is 0 Å². The van der Waals surface area contributed by atoms with Crippen LogP contribution in [0.15, 0.2) is 9.00 Å². The summed E-state index contributed by atoms with van der Waals surface area (Å²) in [7, 11) is 0. The van der Waals surface area contributed by atoms with Gasteiger partial charge in [0.2, 0.25) is 0 Å². The summed E-state index contributed by atoms with van der Waals surface area (Å²) in [6.45, 7) is 7.09. The topological polar surface area (TPSA) is 0 Å². The van der Waals surface area contributed by atoms with E-state index in [9.17, 15) is 0 Å². The molecule has 0 nitrogen and oxygen atoms in total. The fourth-order valence-electron chi connectivity index (χ4n) is 2.64. The van der Waals surface area contributed by atoms with Gasteiger partial charge in [0.15, 0.2) is 0 Å². The van der Waals surface area contributed by atoms with E-state index in [2.05, 4.69) is 47.0 Å². The molecule has 0 aromatic rings. The second-order valence-corrected chi connectivity index (χ2v) is 31.0. The first-order chi connectivity index (χ1) is 8.89. The monoisotopic (exact) mass is 436 g/mol. The van der Waals surface area contributed by atoms with Gasteiger partial charge in [-0.3, -0.25) is 0 Å². The average molecular weight is 434 g/mol. The van der Waals surface area contributed by atoms with E-state index in [1.54, 1.807) is 13.3 Å². The van der Waals surface area contributed by atoms with E-state index in [-0.39, 0.29) is 0 Å². The molecule has 0 N–H and O–H groups in total. The molecule has 0 aliphatic rings. The van der Waals surface area contributed by atoms with Crippen molar-refractivity contribution >= 4 is 31.6 Å². The van der Waals surface area contributed by atoms with Gasteiger partial charge < -0.3 is 0 Å².